The van der Waals surface area contributed by atoms with Gasteiger partial charge in [0.05, 0.1) is 17.9 Å². The van der Waals surface area contributed by atoms with Crippen molar-refractivity contribution < 1.29 is 0 Å². The van der Waals surface area contributed by atoms with E-state index in [1.807, 2.05) is 24.5 Å². The SMILES string of the molecule is C=Cc1cccnc1CN(CCCCN)Cc1nc2nccc(N3CCN(C)CC3)c2[nH]1. The Kier molecular flexibility index (Phi) is 7.47. The molecule has 1 fully saturated rings. The van der Waals surface area contributed by atoms with Gasteiger partial charge in [-0.15, -0.1) is 0 Å². The Morgan fingerprint density at radius 2 is 1.97 bits per heavy atom. The van der Waals surface area contributed by atoms with Crippen LogP contribution < -0.4 is 10.6 Å². The molecule has 0 saturated carbocycles. The van der Waals surface area contributed by atoms with Crippen LogP contribution in [0.25, 0.3) is 17.2 Å². The monoisotopic (exact) mass is 434 g/mol. The van der Waals surface area contributed by atoms with Crippen LogP contribution in [0, 0.1) is 0 Å². The minimum Gasteiger partial charge on any atom is -0.367 e. The third-order valence-electron chi connectivity index (χ3n) is 6.08. The van der Waals surface area contributed by atoms with Crippen LogP contribution in [0.3, 0.4) is 0 Å². The maximum atomic E-state index is 5.73. The molecule has 0 spiro atoms. The van der Waals surface area contributed by atoms with Crippen LogP contribution in [0.2, 0.25) is 0 Å². The number of anilines is 1. The topological polar surface area (TPSA) is 90.2 Å². The normalized spacial score (nSPS) is 15.0. The van der Waals surface area contributed by atoms with Crippen LogP contribution in [0.15, 0.2) is 37.2 Å². The molecular formula is C24H34N8. The average Bonchev–Trinajstić information content (AvgIpc) is 3.22. The number of nitrogens with one attached hydrogen (secondary N) is 1. The summed E-state index contributed by atoms with van der Waals surface area (Å²) in [5.74, 6) is 0.929. The molecule has 0 aliphatic carbocycles. The average molecular weight is 435 g/mol. The summed E-state index contributed by atoms with van der Waals surface area (Å²) in [5, 5.41) is 0. The van der Waals surface area contributed by atoms with Gasteiger partial charge in [0.2, 0.25) is 0 Å². The molecule has 4 rings (SSSR count). The number of aromatic nitrogens is 4. The molecule has 3 N–H and O–H groups in total. The molecule has 1 aliphatic rings. The zero-order valence-corrected chi connectivity index (χ0v) is 19.0. The molecule has 0 atom stereocenters. The van der Waals surface area contributed by atoms with Crippen LogP contribution in [0.4, 0.5) is 5.69 Å². The van der Waals surface area contributed by atoms with Crippen LogP contribution >= 0.6 is 0 Å². The Morgan fingerprint density at radius 3 is 2.75 bits per heavy atom. The fraction of sp³-hybridized carbons (Fsp3) is 0.458. The summed E-state index contributed by atoms with van der Waals surface area (Å²) < 4.78 is 0. The highest BCUT2D eigenvalue weighted by Crippen LogP contribution is 2.25. The molecule has 3 aromatic heterocycles. The van der Waals surface area contributed by atoms with Gasteiger partial charge in [-0.3, -0.25) is 9.88 Å². The van der Waals surface area contributed by atoms with Crippen molar-refractivity contribution in [2.75, 3.05) is 51.2 Å². The molecule has 0 unspecified atom stereocenters. The summed E-state index contributed by atoms with van der Waals surface area (Å²) in [7, 11) is 2.17. The second kappa shape index (κ2) is 10.7. The Labute approximate surface area is 190 Å². The number of aromatic amines is 1. The number of H-pyrrole nitrogens is 1. The summed E-state index contributed by atoms with van der Waals surface area (Å²) in [6.45, 7) is 11.2. The van der Waals surface area contributed by atoms with Gasteiger partial charge in [-0.2, -0.15) is 0 Å². The molecular weight excluding hydrogens is 400 g/mol. The summed E-state index contributed by atoms with van der Waals surface area (Å²) in [5.41, 5.74) is 10.8. The summed E-state index contributed by atoms with van der Waals surface area (Å²) in [4.78, 5) is 24.7. The predicted molar refractivity (Wildman–Crippen MR) is 130 cm³/mol. The Morgan fingerprint density at radius 1 is 1.12 bits per heavy atom. The number of imidazole rings is 1. The predicted octanol–water partition coefficient (Wildman–Crippen LogP) is 2.49. The zero-order chi connectivity index (χ0) is 22.3. The van der Waals surface area contributed by atoms with E-state index in [0.29, 0.717) is 13.1 Å². The van der Waals surface area contributed by atoms with Crippen molar-refractivity contribution >= 4 is 22.9 Å². The Hall–Kier alpha value is -2.81. The summed E-state index contributed by atoms with van der Waals surface area (Å²) in [6.07, 6.45) is 7.62. The van der Waals surface area contributed by atoms with E-state index >= 15 is 0 Å². The highest BCUT2D eigenvalue weighted by Gasteiger charge is 2.19. The van der Waals surface area contributed by atoms with Crippen molar-refractivity contribution in [1.29, 1.82) is 0 Å². The Balaban J connectivity index is 1.55. The van der Waals surface area contributed by atoms with Crippen molar-refractivity contribution in [3.8, 4) is 0 Å². The van der Waals surface area contributed by atoms with Gasteiger partial charge in [-0.05, 0) is 50.7 Å². The fourth-order valence-corrected chi connectivity index (χ4v) is 4.22. The molecule has 1 saturated heterocycles. The second-order valence-corrected chi connectivity index (χ2v) is 8.45. The molecule has 32 heavy (non-hydrogen) atoms. The van der Waals surface area contributed by atoms with E-state index in [1.54, 1.807) is 0 Å². The first-order chi connectivity index (χ1) is 15.7. The first kappa shape index (κ1) is 22.4. The van der Waals surface area contributed by atoms with Crippen LogP contribution in [-0.2, 0) is 13.1 Å². The van der Waals surface area contributed by atoms with Gasteiger partial charge >= 0.3 is 0 Å². The van der Waals surface area contributed by atoms with E-state index in [2.05, 4.69) is 55.4 Å². The van der Waals surface area contributed by atoms with E-state index in [9.17, 15) is 0 Å². The summed E-state index contributed by atoms with van der Waals surface area (Å²) >= 11 is 0. The number of nitrogens with zero attached hydrogens (tertiary/aromatic N) is 6. The lowest BCUT2D eigenvalue weighted by Crippen LogP contribution is -2.44. The lowest BCUT2D eigenvalue weighted by Gasteiger charge is -2.34. The van der Waals surface area contributed by atoms with Gasteiger partial charge < -0.3 is 20.5 Å². The summed E-state index contributed by atoms with van der Waals surface area (Å²) in [6, 6.07) is 6.10. The number of hydrogen-bond acceptors (Lipinski definition) is 7. The zero-order valence-electron chi connectivity index (χ0n) is 19.0. The molecule has 0 radical (unpaired) electrons. The Bertz CT molecular complexity index is 1020. The molecule has 1 aliphatic heterocycles. The number of unbranched alkanes of at least 4 members (excludes halogenated alkanes) is 1. The van der Waals surface area contributed by atoms with Crippen molar-refractivity contribution in [1.82, 2.24) is 29.7 Å². The maximum Gasteiger partial charge on any atom is 0.179 e. The number of pyridine rings is 2. The largest absolute Gasteiger partial charge is 0.367 e. The second-order valence-electron chi connectivity index (χ2n) is 8.45. The highest BCUT2D eigenvalue weighted by molar-refractivity contribution is 5.86. The van der Waals surface area contributed by atoms with Gasteiger partial charge in [0.15, 0.2) is 5.65 Å². The van der Waals surface area contributed by atoms with Gasteiger partial charge in [-0.25, -0.2) is 9.97 Å². The quantitative estimate of drug-likeness (QED) is 0.474. The maximum absolute atomic E-state index is 5.73. The van der Waals surface area contributed by atoms with Crippen molar-refractivity contribution in [3.63, 3.8) is 0 Å². The smallest absolute Gasteiger partial charge is 0.179 e. The first-order valence-corrected chi connectivity index (χ1v) is 11.4. The van der Waals surface area contributed by atoms with Crippen molar-refractivity contribution in [2.24, 2.45) is 5.73 Å². The van der Waals surface area contributed by atoms with Gasteiger partial charge in [0.1, 0.15) is 11.3 Å². The van der Waals surface area contributed by atoms with Gasteiger partial charge in [0.25, 0.3) is 0 Å². The molecule has 3 aromatic rings. The van der Waals surface area contributed by atoms with E-state index in [4.69, 9.17) is 10.7 Å². The van der Waals surface area contributed by atoms with E-state index < -0.39 is 0 Å². The van der Waals surface area contributed by atoms with E-state index in [1.165, 1.54) is 5.69 Å². The van der Waals surface area contributed by atoms with Crippen molar-refractivity contribution in [3.05, 3.63) is 54.3 Å². The number of piperazine rings is 1. The number of hydrogen-bond donors (Lipinski definition) is 2. The molecule has 4 heterocycles. The molecule has 0 aromatic carbocycles. The molecule has 8 heteroatoms. The fourth-order valence-electron chi connectivity index (χ4n) is 4.22. The van der Waals surface area contributed by atoms with Gasteiger partial charge in [-0.1, -0.05) is 18.7 Å². The van der Waals surface area contributed by atoms with Crippen LogP contribution in [0.1, 0.15) is 29.9 Å². The molecule has 0 amide bonds. The standard InChI is InChI=1S/C24H34N8/c1-3-19-7-6-10-26-20(19)17-31(12-5-4-9-25)18-22-28-23-21(8-11-27-24(23)29-22)32-15-13-30(2)14-16-32/h3,6-8,10-11H,1,4-5,9,12-18,25H2,2H3,(H,27,28,29). The molecule has 170 valence electrons. The van der Waals surface area contributed by atoms with E-state index in [0.717, 1.165) is 80.4 Å². The minimum atomic E-state index is 0.705. The molecule has 8 nitrogen and oxygen atoms in total. The number of fused-ring (bicyclic) bond motifs is 1. The van der Waals surface area contributed by atoms with E-state index in [-0.39, 0.29) is 0 Å². The lowest BCUT2D eigenvalue weighted by atomic mass is 10.1. The third kappa shape index (κ3) is 5.32. The lowest BCUT2D eigenvalue weighted by molar-refractivity contribution is 0.243. The van der Waals surface area contributed by atoms with Crippen LogP contribution in [-0.4, -0.2) is 76.1 Å². The highest BCUT2D eigenvalue weighted by atomic mass is 15.3. The minimum absolute atomic E-state index is 0.705. The third-order valence-corrected chi connectivity index (χ3v) is 6.08. The number of nitrogens with two attached hydrogens (primary N) is 1. The first-order valence-electron chi connectivity index (χ1n) is 11.4. The van der Waals surface area contributed by atoms with Crippen molar-refractivity contribution in [2.45, 2.75) is 25.9 Å². The van der Waals surface area contributed by atoms with Gasteiger partial charge in [0, 0.05) is 45.1 Å². The number of rotatable bonds is 10. The van der Waals surface area contributed by atoms with Crippen LogP contribution in [0.5, 0.6) is 0 Å². The number of likely N-dealkylation sites (N-methyl/N-ethyl adjacent to an activating group) is 1. The molecule has 0 bridgehead atoms.